The van der Waals surface area contributed by atoms with Gasteiger partial charge in [-0.2, -0.15) is 0 Å². The van der Waals surface area contributed by atoms with Gasteiger partial charge in [0.05, 0.1) is 6.04 Å². The molecule has 3 aromatic carbocycles. The van der Waals surface area contributed by atoms with Gasteiger partial charge in [-0.05, 0) is 46.3 Å². The van der Waals surface area contributed by atoms with Gasteiger partial charge in [0.2, 0.25) is 6.79 Å². The van der Waals surface area contributed by atoms with Crippen LogP contribution in [0.5, 0.6) is 11.5 Å². The van der Waals surface area contributed by atoms with Gasteiger partial charge in [0.25, 0.3) is 0 Å². The molecule has 0 amide bonds. The second kappa shape index (κ2) is 7.96. The topological polar surface area (TPSA) is 74.1 Å². The van der Waals surface area contributed by atoms with E-state index in [4.69, 9.17) is 9.47 Å². The third-order valence-corrected chi connectivity index (χ3v) is 5.27. The van der Waals surface area contributed by atoms with Crippen molar-refractivity contribution < 1.29 is 9.47 Å². The van der Waals surface area contributed by atoms with Crippen molar-refractivity contribution in [1.29, 1.82) is 0 Å². The zero-order valence-corrected chi connectivity index (χ0v) is 16.5. The molecule has 150 valence electrons. The normalized spacial score (nSPS) is 13.5. The van der Waals surface area contributed by atoms with Crippen molar-refractivity contribution in [2.45, 2.75) is 12.1 Å². The molecule has 1 atom stereocenters. The molecule has 2 heterocycles. The molecule has 1 N–H and O–H groups in total. The zero-order valence-electron chi connectivity index (χ0n) is 16.5. The summed E-state index contributed by atoms with van der Waals surface area (Å²) in [5.74, 6) is 2.20. The van der Waals surface area contributed by atoms with E-state index >= 15 is 0 Å². The van der Waals surface area contributed by atoms with Crippen LogP contribution in [0.1, 0.15) is 34.6 Å². The SMILES string of the molecule is CN[C@H](c1ccc2c(c1)OCO2)c1nnnn1C(c1ccccc1)c1ccccc1. The Morgan fingerprint density at radius 2 is 1.50 bits per heavy atom. The summed E-state index contributed by atoms with van der Waals surface area (Å²) >= 11 is 0. The van der Waals surface area contributed by atoms with Crippen LogP contribution in [0, 0.1) is 0 Å². The van der Waals surface area contributed by atoms with Crippen molar-refractivity contribution in [2.75, 3.05) is 13.8 Å². The number of aromatic nitrogens is 4. The minimum absolute atomic E-state index is 0.151. The zero-order chi connectivity index (χ0) is 20.3. The van der Waals surface area contributed by atoms with Crippen LogP contribution in [-0.2, 0) is 0 Å². The molecule has 0 radical (unpaired) electrons. The van der Waals surface area contributed by atoms with Crippen molar-refractivity contribution in [3.05, 3.63) is 101 Å². The maximum atomic E-state index is 5.56. The van der Waals surface area contributed by atoms with Crippen molar-refractivity contribution in [2.24, 2.45) is 0 Å². The summed E-state index contributed by atoms with van der Waals surface area (Å²) in [5.41, 5.74) is 3.22. The first-order valence-corrected chi connectivity index (χ1v) is 9.79. The molecule has 7 nitrogen and oxygen atoms in total. The first-order chi connectivity index (χ1) is 14.8. The summed E-state index contributed by atoms with van der Waals surface area (Å²) in [6, 6.07) is 26.1. The van der Waals surface area contributed by atoms with Gasteiger partial charge in [-0.1, -0.05) is 66.7 Å². The van der Waals surface area contributed by atoms with Gasteiger partial charge in [0, 0.05) is 0 Å². The highest BCUT2D eigenvalue weighted by Crippen LogP contribution is 2.36. The van der Waals surface area contributed by atoms with Crippen molar-refractivity contribution in [3.63, 3.8) is 0 Å². The summed E-state index contributed by atoms with van der Waals surface area (Å²) in [4.78, 5) is 0. The van der Waals surface area contributed by atoms with Crippen LogP contribution in [-0.4, -0.2) is 34.0 Å². The largest absolute Gasteiger partial charge is 0.454 e. The fourth-order valence-electron chi connectivity index (χ4n) is 3.86. The lowest BCUT2D eigenvalue weighted by Crippen LogP contribution is -2.25. The maximum absolute atomic E-state index is 5.56. The summed E-state index contributed by atoms with van der Waals surface area (Å²) in [6.07, 6.45) is 0. The first-order valence-electron chi connectivity index (χ1n) is 9.79. The number of rotatable bonds is 6. The van der Waals surface area contributed by atoms with Gasteiger partial charge in [0.15, 0.2) is 17.3 Å². The monoisotopic (exact) mass is 399 g/mol. The van der Waals surface area contributed by atoms with E-state index in [1.54, 1.807) is 0 Å². The van der Waals surface area contributed by atoms with Gasteiger partial charge in [-0.3, -0.25) is 0 Å². The Bertz CT molecular complexity index is 1090. The molecule has 7 heteroatoms. The lowest BCUT2D eigenvalue weighted by atomic mass is 9.98. The van der Waals surface area contributed by atoms with E-state index in [2.05, 4.69) is 45.1 Å². The Morgan fingerprint density at radius 3 is 2.17 bits per heavy atom. The van der Waals surface area contributed by atoms with Crippen molar-refractivity contribution >= 4 is 0 Å². The molecule has 4 aromatic rings. The minimum Gasteiger partial charge on any atom is -0.454 e. The standard InChI is InChI=1S/C23H21N5O2/c1-24-21(18-12-13-19-20(14-18)30-15-29-19)23-25-26-27-28(23)22(16-8-4-2-5-9-16)17-10-6-3-7-11-17/h2-14,21-22,24H,15H2,1H3/t21-/m1/s1. The number of ether oxygens (including phenoxy) is 2. The molecule has 0 spiro atoms. The van der Waals surface area contributed by atoms with E-state index in [1.165, 1.54) is 0 Å². The van der Waals surface area contributed by atoms with Gasteiger partial charge in [0.1, 0.15) is 6.04 Å². The number of fused-ring (bicyclic) bond motifs is 1. The second-order valence-electron chi connectivity index (χ2n) is 7.04. The summed E-state index contributed by atoms with van der Waals surface area (Å²) in [6.45, 7) is 0.241. The lowest BCUT2D eigenvalue weighted by Gasteiger charge is -2.23. The number of hydrogen-bond acceptors (Lipinski definition) is 6. The van der Waals surface area contributed by atoms with Crippen LogP contribution in [0.4, 0.5) is 0 Å². The van der Waals surface area contributed by atoms with Crippen molar-refractivity contribution in [1.82, 2.24) is 25.5 Å². The molecule has 1 aliphatic rings. The van der Waals surface area contributed by atoms with Gasteiger partial charge < -0.3 is 14.8 Å². The van der Waals surface area contributed by atoms with E-state index in [9.17, 15) is 0 Å². The number of nitrogens with one attached hydrogen (secondary N) is 1. The van der Waals surface area contributed by atoms with Crippen LogP contribution in [0.2, 0.25) is 0 Å². The van der Waals surface area contributed by atoms with E-state index in [-0.39, 0.29) is 18.9 Å². The summed E-state index contributed by atoms with van der Waals surface area (Å²) < 4.78 is 12.9. The molecule has 30 heavy (non-hydrogen) atoms. The molecule has 0 bridgehead atoms. The van der Waals surface area contributed by atoms with E-state index in [0.717, 1.165) is 28.2 Å². The van der Waals surface area contributed by atoms with E-state index in [1.807, 2.05) is 66.3 Å². The smallest absolute Gasteiger partial charge is 0.231 e. The predicted molar refractivity (Wildman–Crippen MR) is 111 cm³/mol. The molecule has 5 rings (SSSR count). The number of benzene rings is 3. The van der Waals surface area contributed by atoms with Crippen molar-refractivity contribution in [3.8, 4) is 11.5 Å². The average Bonchev–Trinajstić information content (AvgIpc) is 3.46. The molecular formula is C23H21N5O2. The third-order valence-electron chi connectivity index (χ3n) is 5.27. The quantitative estimate of drug-likeness (QED) is 0.536. The summed E-state index contributed by atoms with van der Waals surface area (Å²) in [7, 11) is 1.90. The maximum Gasteiger partial charge on any atom is 0.231 e. The lowest BCUT2D eigenvalue weighted by molar-refractivity contribution is 0.174. The molecule has 0 saturated carbocycles. The Hall–Kier alpha value is -3.71. The Balaban J connectivity index is 1.61. The van der Waals surface area contributed by atoms with Crippen LogP contribution in [0.25, 0.3) is 0 Å². The molecule has 1 aliphatic heterocycles. The fourth-order valence-corrected chi connectivity index (χ4v) is 3.86. The van der Waals surface area contributed by atoms with Gasteiger partial charge >= 0.3 is 0 Å². The minimum atomic E-state index is -0.218. The number of hydrogen-bond donors (Lipinski definition) is 1. The Labute approximate surface area is 174 Å². The molecule has 0 fully saturated rings. The Kier molecular flexibility index (Phi) is 4.86. The van der Waals surface area contributed by atoms with Gasteiger partial charge in [-0.25, -0.2) is 4.68 Å². The first kappa shape index (κ1) is 18.3. The highest BCUT2D eigenvalue weighted by Gasteiger charge is 2.27. The van der Waals surface area contributed by atoms with E-state index < -0.39 is 0 Å². The molecule has 1 aromatic heterocycles. The molecule has 0 saturated heterocycles. The second-order valence-corrected chi connectivity index (χ2v) is 7.04. The summed E-state index contributed by atoms with van der Waals surface area (Å²) in [5, 5.41) is 16.2. The highest BCUT2D eigenvalue weighted by molar-refractivity contribution is 5.46. The predicted octanol–water partition coefficient (Wildman–Crippen LogP) is 3.35. The number of nitrogens with zero attached hydrogens (tertiary/aromatic N) is 4. The van der Waals surface area contributed by atoms with Crippen LogP contribution in [0.3, 0.4) is 0 Å². The Morgan fingerprint density at radius 1 is 0.833 bits per heavy atom. The number of tetrazole rings is 1. The van der Waals surface area contributed by atoms with Crippen LogP contribution in [0.15, 0.2) is 78.9 Å². The fraction of sp³-hybridized carbons (Fsp3) is 0.174. The van der Waals surface area contributed by atoms with E-state index in [0.29, 0.717) is 5.82 Å². The molecular weight excluding hydrogens is 378 g/mol. The van der Waals surface area contributed by atoms with Gasteiger partial charge in [-0.15, -0.1) is 5.10 Å². The molecule has 0 aliphatic carbocycles. The molecule has 0 unspecified atom stereocenters. The van der Waals surface area contributed by atoms with Crippen LogP contribution < -0.4 is 14.8 Å². The highest BCUT2D eigenvalue weighted by atomic mass is 16.7. The average molecular weight is 399 g/mol. The third kappa shape index (κ3) is 3.29. The van der Waals surface area contributed by atoms with Crippen LogP contribution >= 0.6 is 0 Å².